The van der Waals surface area contributed by atoms with Crippen molar-refractivity contribution in [3.05, 3.63) is 18.8 Å². The number of allylic oxidation sites excluding steroid dienone is 1. The van der Waals surface area contributed by atoms with Crippen LogP contribution in [0.25, 0.3) is 0 Å². The van der Waals surface area contributed by atoms with Gasteiger partial charge in [-0.15, -0.1) is 0 Å². The van der Waals surface area contributed by atoms with E-state index >= 15 is 0 Å². The average Bonchev–Trinajstić information content (AvgIpc) is 1.55. The first-order valence-corrected chi connectivity index (χ1v) is 2.48. The number of hydrogen-bond acceptors (Lipinski definition) is 1. The van der Waals surface area contributed by atoms with E-state index in [1.54, 1.807) is 0 Å². The highest BCUT2D eigenvalue weighted by atomic mass is 16.5. The van der Waals surface area contributed by atoms with Crippen molar-refractivity contribution in [2.75, 3.05) is 6.61 Å². The Kier molecular flexibility index (Phi) is 1.47. The maximum atomic E-state index is 4.63. The highest BCUT2D eigenvalue weighted by Gasteiger charge is 2.02. The topological polar surface area (TPSA) is 9.23 Å². The first-order chi connectivity index (χ1) is 3.43. The molecular weight excluding hydrogens is 88.1 g/mol. The van der Waals surface area contributed by atoms with Crippen molar-refractivity contribution in [2.24, 2.45) is 0 Å². The molecule has 39 valence electrons. The molecule has 0 atom stereocenters. The van der Waals surface area contributed by atoms with E-state index < -0.39 is 0 Å². The molecule has 0 fully saturated rings. The summed E-state index contributed by atoms with van der Waals surface area (Å²) in [5.74, 6) is 0. The molecule has 0 amide bonds. The van der Waals surface area contributed by atoms with Gasteiger partial charge in [0.25, 0.3) is 0 Å². The van der Waals surface area contributed by atoms with E-state index in [1.165, 1.54) is 18.4 Å². The average molecular weight is 97.1 g/mol. The van der Waals surface area contributed by atoms with Gasteiger partial charge in [-0.2, -0.15) is 0 Å². The molecule has 0 N–H and O–H groups in total. The molecule has 0 aromatic rings. The van der Waals surface area contributed by atoms with E-state index in [-0.39, 0.29) is 0 Å². The molecule has 1 rings (SSSR count). The second-order valence-corrected chi connectivity index (χ2v) is 1.75. The molecule has 1 aliphatic carbocycles. The van der Waals surface area contributed by atoms with Gasteiger partial charge in [-0.05, 0) is 18.4 Å². The summed E-state index contributed by atoms with van der Waals surface area (Å²) < 4.78 is 4.63. The lowest BCUT2D eigenvalue weighted by atomic mass is 10.0. The molecule has 7 heavy (non-hydrogen) atoms. The van der Waals surface area contributed by atoms with Gasteiger partial charge in [0.2, 0.25) is 0 Å². The Balaban J connectivity index is 2.15. The van der Waals surface area contributed by atoms with Crippen LogP contribution in [0.2, 0.25) is 0 Å². The maximum Gasteiger partial charge on any atom is 0.0705 e. The molecule has 0 saturated carbocycles. The molecule has 1 aliphatic rings. The summed E-state index contributed by atoms with van der Waals surface area (Å²) in [5, 5.41) is 0. The van der Waals surface area contributed by atoms with Crippen LogP contribution < -0.4 is 0 Å². The first-order valence-electron chi connectivity index (χ1n) is 2.48. The Bertz CT molecular complexity index is 84.2. The Labute approximate surface area is 44.0 Å². The summed E-state index contributed by atoms with van der Waals surface area (Å²) in [7, 11) is 3.27. The zero-order chi connectivity index (χ0) is 5.11. The molecule has 1 heteroatoms. The predicted molar refractivity (Wildman–Crippen MR) is 28.6 cm³/mol. The van der Waals surface area contributed by atoms with Gasteiger partial charge < -0.3 is 4.74 Å². The summed E-state index contributed by atoms with van der Waals surface area (Å²) in [5.41, 5.74) is 1.40. The van der Waals surface area contributed by atoms with Crippen molar-refractivity contribution in [1.82, 2.24) is 0 Å². The van der Waals surface area contributed by atoms with Crippen LogP contribution in [-0.4, -0.2) is 6.61 Å². The van der Waals surface area contributed by atoms with Crippen molar-refractivity contribution >= 4 is 0 Å². The number of rotatable bonds is 2. The first kappa shape index (κ1) is 4.85. The zero-order valence-electron chi connectivity index (χ0n) is 4.31. The SMILES string of the molecule is [CH2]OCC1=CCC1. The fourth-order valence-corrected chi connectivity index (χ4v) is 0.611. The lowest BCUT2D eigenvalue weighted by Gasteiger charge is -2.11. The smallest absolute Gasteiger partial charge is 0.0705 e. The van der Waals surface area contributed by atoms with Crippen molar-refractivity contribution in [2.45, 2.75) is 12.8 Å². The molecule has 0 aromatic heterocycles. The van der Waals surface area contributed by atoms with Crippen LogP contribution in [0.15, 0.2) is 11.6 Å². The van der Waals surface area contributed by atoms with Crippen LogP contribution in [-0.2, 0) is 4.74 Å². The highest BCUT2D eigenvalue weighted by molar-refractivity contribution is 5.12. The van der Waals surface area contributed by atoms with E-state index in [9.17, 15) is 0 Å². The minimum Gasteiger partial charge on any atom is -0.375 e. The van der Waals surface area contributed by atoms with E-state index in [0.717, 1.165) is 6.61 Å². The van der Waals surface area contributed by atoms with Crippen molar-refractivity contribution in [1.29, 1.82) is 0 Å². The van der Waals surface area contributed by atoms with Crippen molar-refractivity contribution in [3.8, 4) is 0 Å². The zero-order valence-corrected chi connectivity index (χ0v) is 4.31. The minimum atomic E-state index is 0.736. The monoisotopic (exact) mass is 97.1 g/mol. The third-order valence-electron chi connectivity index (χ3n) is 1.19. The van der Waals surface area contributed by atoms with Crippen molar-refractivity contribution < 1.29 is 4.74 Å². The second-order valence-electron chi connectivity index (χ2n) is 1.75. The largest absolute Gasteiger partial charge is 0.375 e. The third-order valence-corrected chi connectivity index (χ3v) is 1.19. The van der Waals surface area contributed by atoms with E-state index in [4.69, 9.17) is 0 Å². The fourth-order valence-electron chi connectivity index (χ4n) is 0.611. The molecule has 0 heterocycles. The normalized spacial score (nSPS) is 18.1. The predicted octanol–water partition coefficient (Wildman–Crippen LogP) is 1.51. The Hall–Kier alpha value is -0.300. The summed E-state index contributed by atoms with van der Waals surface area (Å²) in [4.78, 5) is 0. The summed E-state index contributed by atoms with van der Waals surface area (Å²) in [6, 6.07) is 0. The number of hydrogen-bond donors (Lipinski definition) is 0. The fraction of sp³-hybridized carbons (Fsp3) is 0.500. The molecule has 0 aromatic carbocycles. The van der Waals surface area contributed by atoms with Crippen molar-refractivity contribution in [3.63, 3.8) is 0 Å². The van der Waals surface area contributed by atoms with Gasteiger partial charge in [0.1, 0.15) is 0 Å². The minimum absolute atomic E-state index is 0.736. The van der Waals surface area contributed by atoms with Gasteiger partial charge in [0.05, 0.1) is 13.7 Å². The van der Waals surface area contributed by atoms with Gasteiger partial charge in [0, 0.05) is 0 Å². The summed E-state index contributed by atoms with van der Waals surface area (Å²) in [6.45, 7) is 0.736. The van der Waals surface area contributed by atoms with E-state index in [1.807, 2.05) is 0 Å². The standard InChI is InChI=1S/C6H9O/c1-7-5-6-3-2-4-6/h3H,1-2,4-5H2. The molecular formula is C6H9O. The molecule has 1 radical (unpaired) electrons. The molecule has 0 unspecified atom stereocenters. The van der Waals surface area contributed by atoms with Gasteiger partial charge in [-0.25, -0.2) is 0 Å². The van der Waals surface area contributed by atoms with Gasteiger partial charge in [0.15, 0.2) is 0 Å². The molecule has 0 bridgehead atoms. The van der Waals surface area contributed by atoms with Gasteiger partial charge in [-0.3, -0.25) is 0 Å². The van der Waals surface area contributed by atoms with Crippen LogP contribution in [0.5, 0.6) is 0 Å². The molecule has 0 saturated heterocycles. The van der Waals surface area contributed by atoms with Crippen LogP contribution in [0.3, 0.4) is 0 Å². The summed E-state index contributed by atoms with van der Waals surface area (Å²) >= 11 is 0. The summed E-state index contributed by atoms with van der Waals surface area (Å²) in [6.07, 6.45) is 4.64. The Morgan fingerprint density at radius 3 is 2.71 bits per heavy atom. The van der Waals surface area contributed by atoms with Crippen LogP contribution in [0.4, 0.5) is 0 Å². The second kappa shape index (κ2) is 2.12. The Morgan fingerprint density at radius 2 is 2.57 bits per heavy atom. The van der Waals surface area contributed by atoms with Crippen LogP contribution in [0.1, 0.15) is 12.8 Å². The third kappa shape index (κ3) is 1.03. The number of ether oxygens (including phenoxy) is 1. The molecule has 0 spiro atoms. The van der Waals surface area contributed by atoms with Gasteiger partial charge in [-0.1, -0.05) is 6.08 Å². The van der Waals surface area contributed by atoms with Crippen LogP contribution in [0, 0.1) is 7.11 Å². The van der Waals surface area contributed by atoms with Gasteiger partial charge >= 0.3 is 0 Å². The maximum absolute atomic E-state index is 4.63. The van der Waals surface area contributed by atoms with Crippen LogP contribution >= 0.6 is 0 Å². The van der Waals surface area contributed by atoms with E-state index in [0.29, 0.717) is 0 Å². The lowest BCUT2D eigenvalue weighted by molar-refractivity contribution is 0.265. The highest BCUT2D eigenvalue weighted by Crippen LogP contribution is 2.16. The lowest BCUT2D eigenvalue weighted by Crippen LogP contribution is -1.99. The molecule has 1 nitrogen and oxygen atoms in total. The Morgan fingerprint density at radius 1 is 1.86 bits per heavy atom. The van der Waals surface area contributed by atoms with E-state index in [2.05, 4.69) is 17.9 Å². The molecule has 0 aliphatic heterocycles. The quantitative estimate of drug-likeness (QED) is 0.474.